The second-order valence-electron chi connectivity index (χ2n) is 2.63. The molecule has 4 nitrogen and oxygen atoms in total. The Kier molecular flexibility index (Phi) is 3.31. The van der Waals surface area contributed by atoms with Crippen molar-refractivity contribution in [2.24, 2.45) is 0 Å². The van der Waals surface area contributed by atoms with Crippen LogP contribution in [0.2, 0.25) is 0 Å². The van der Waals surface area contributed by atoms with Crippen LogP contribution in [0.4, 0.5) is 0 Å². The summed E-state index contributed by atoms with van der Waals surface area (Å²) < 4.78 is 0.539. The minimum absolute atomic E-state index is 0.258. The molecule has 0 radical (unpaired) electrons. The Hall–Kier alpha value is -1.55. The lowest BCUT2D eigenvalue weighted by Gasteiger charge is -2.04. The third-order valence-electron chi connectivity index (χ3n) is 1.72. The Bertz CT molecular complexity index is 485. The smallest absolute Gasteiger partial charge is 0.336 e. The van der Waals surface area contributed by atoms with Crippen LogP contribution >= 0.6 is 22.6 Å². The standard InChI is InChI=1S/C10H5IO4/c1-2-5-3-6(9(12)13)7(10(14)15)4-8(5)11/h1,3-4H,(H,12,13)(H,14,15). The van der Waals surface area contributed by atoms with Gasteiger partial charge in [-0.1, -0.05) is 5.92 Å². The van der Waals surface area contributed by atoms with Crippen molar-refractivity contribution in [2.45, 2.75) is 0 Å². The molecule has 1 rings (SSSR count). The number of aromatic carboxylic acids is 2. The molecule has 2 N–H and O–H groups in total. The van der Waals surface area contributed by atoms with Gasteiger partial charge in [0.15, 0.2) is 0 Å². The van der Waals surface area contributed by atoms with Crippen molar-refractivity contribution < 1.29 is 19.8 Å². The van der Waals surface area contributed by atoms with Crippen LogP contribution in [0.15, 0.2) is 12.1 Å². The molecule has 0 atom stereocenters. The van der Waals surface area contributed by atoms with E-state index in [1.54, 1.807) is 0 Å². The van der Waals surface area contributed by atoms with Crippen LogP contribution in [0.25, 0.3) is 0 Å². The summed E-state index contributed by atoms with van der Waals surface area (Å²) in [5.41, 5.74) is -0.181. The number of hydrogen-bond donors (Lipinski definition) is 2. The van der Waals surface area contributed by atoms with Crippen molar-refractivity contribution in [3.63, 3.8) is 0 Å². The number of terminal acetylenes is 1. The molecule has 0 unspecified atom stereocenters. The first-order chi connectivity index (χ1) is 6.97. The van der Waals surface area contributed by atoms with Gasteiger partial charge >= 0.3 is 11.9 Å². The average Bonchev–Trinajstić information content (AvgIpc) is 2.16. The fourth-order valence-electron chi connectivity index (χ4n) is 1.04. The average molecular weight is 316 g/mol. The quantitative estimate of drug-likeness (QED) is 0.643. The predicted octanol–water partition coefficient (Wildman–Crippen LogP) is 1.67. The maximum atomic E-state index is 10.8. The molecule has 0 amide bonds. The van der Waals surface area contributed by atoms with Gasteiger partial charge in [-0.3, -0.25) is 0 Å². The van der Waals surface area contributed by atoms with Crippen LogP contribution in [0.3, 0.4) is 0 Å². The van der Waals surface area contributed by atoms with E-state index in [0.29, 0.717) is 9.13 Å². The van der Waals surface area contributed by atoms with Crippen LogP contribution in [-0.4, -0.2) is 22.2 Å². The summed E-state index contributed by atoms with van der Waals surface area (Å²) in [6, 6.07) is 2.44. The van der Waals surface area contributed by atoms with Gasteiger partial charge in [0.2, 0.25) is 0 Å². The van der Waals surface area contributed by atoms with Crippen LogP contribution in [0, 0.1) is 15.9 Å². The molecule has 1 aromatic carbocycles. The topological polar surface area (TPSA) is 74.6 Å². The Labute approximate surface area is 99.1 Å². The van der Waals surface area contributed by atoms with Gasteiger partial charge < -0.3 is 10.2 Å². The minimum Gasteiger partial charge on any atom is -0.478 e. The molecule has 0 aliphatic rings. The van der Waals surface area contributed by atoms with Crippen LogP contribution in [-0.2, 0) is 0 Å². The van der Waals surface area contributed by atoms with E-state index in [1.807, 2.05) is 22.6 Å². The molecule has 76 valence electrons. The van der Waals surface area contributed by atoms with Gasteiger partial charge in [0.1, 0.15) is 0 Å². The normalized spacial score (nSPS) is 9.33. The van der Waals surface area contributed by atoms with E-state index in [2.05, 4.69) is 5.92 Å². The summed E-state index contributed by atoms with van der Waals surface area (Å²) in [7, 11) is 0. The van der Waals surface area contributed by atoms with Crippen molar-refractivity contribution in [3.8, 4) is 12.3 Å². The van der Waals surface area contributed by atoms with Crippen molar-refractivity contribution in [1.29, 1.82) is 0 Å². The van der Waals surface area contributed by atoms with E-state index in [4.69, 9.17) is 16.6 Å². The Morgan fingerprint density at radius 2 is 1.67 bits per heavy atom. The monoisotopic (exact) mass is 316 g/mol. The van der Waals surface area contributed by atoms with Crippen molar-refractivity contribution >= 4 is 34.5 Å². The molecule has 0 saturated carbocycles. The van der Waals surface area contributed by atoms with Crippen molar-refractivity contribution in [1.82, 2.24) is 0 Å². The third-order valence-corrected chi connectivity index (χ3v) is 2.62. The number of carbonyl (C=O) groups is 2. The predicted molar refractivity (Wildman–Crippen MR) is 61.0 cm³/mol. The van der Waals surface area contributed by atoms with Crippen LogP contribution in [0.5, 0.6) is 0 Å². The summed E-state index contributed by atoms with van der Waals surface area (Å²) >= 11 is 1.86. The zero-order chi connectivity index (χ0) is 11.6. The Morgan fingerprint density at radius 3 is 2.07 bits per heavy atom. The highest BCUT2D eigenvalue weighted by atomic mass is 127. The molecule has 0 saturated heterocycles. The first kappa shape index (κ1) is 11.5. The van der Waals surface area contributed by atoms with E-state index < -0.39 is 11.9 Å². The molecule has 0 spiro atoms. The molecule has 0 heterocycles. The molecule has 15 heavy (non-hydrogen) atoms. The molecule has 0 bridgehead atoms. The number of carboxylic acid groups (broad SMARTS) is 2. The second-order valence-corrected chi connectivity index (χ2v) is 3.79. The lowest BCUT2D eigenvalue weighted by molar-refractivity contribution is 0.0651. The van der Waals surface area contributed by atoms with Crippen molar-refractivity contribution in [3.05, 3.63) is 32.4 Å². The van der Waals surface area contributed by atoms with Crippen LogP contribution in [0.1, 0.15) is 26.3 Å². The largest absolute Gasteiger partial charge is 0.478 e. The van der Waals surface area contributed by atoms with E-state index in [0.717, 1.165) is 0 Å². The van der Waals surface area contributed by atoms with Gasteiger partial charge in [0.25, 0.3) is 0 Å². The fraction of sp³-hybridized carbons (Fsp3) is 0. The molecule has 0 aromatic heterocycles. The number of benzene rings is 1. The lowest BCUT2D eigenvalue weighted by Crippen LogP contribution is -2.09. The molecule has 0 aliphatic carbocycles. The maximum absolute atomic E-state index is 10.8. The number of halogens is 1. The van der Waals surface area contributed by atoms with Crippen molar-refractivity contribution in [2.75, 3.05) is 0 Å². The number of carboxylic acids is 2. The number of rotatable bonds is 2. The van der Waals surface area contributed by atoms with E-state index in [-0.39, 0.29) is 11.1 Å². The lowest BCUT2D eigenvalue weighted by atomic mass is 10.0. The first-order valence-corrected chi connectivity index (χ1v) is 4.82. The number of hydrogen-bond acceptors (Lipinski definition) is 2. The molecular weight excluding hydrogens is 311 g/mol. The van der Waals surface area contributed by atoms with Crippen LogP contribution < -0.4 is 0 Å². The van der Waals surface area contributed by atoms with E-state index in [1.165, 1.54) is 12.1 Å². The highest BCUT2D eigenvalue weighted by molar-refractivity contribution is 14.1. The Balaban J connectivity index is 3.54. The first-order valence-electron chi connectivity index (χ1n) is 3.74. The van der Waals surface area contributed by atoms with E-state index in [9.17, 15) is 9.59 Å². The van der Waals surface area contributed by atoms with E-state index >= 15 is 0 Å². The summed E-state index contributed by atoms with van der Waals surface area (Å²) in [5, 5.41) is 17.6. The van der Waals surface area contributed by atoms with Gasteiger partial charge in [-0.25, -0.2) is 9.59 Å². The van der Waals surface area contributed by atoms with Gasteiger partial charge in [-0.2, -0.15) is 0 Å². The highest BCUT2D eigenvalue weighted by Crippen LogP contribution is 2.18. The summed E-state index contributed by atoms with van der Waals surface area (Å²) in [5.74, 6) is -0.296. The molecule has 5 heteroatoms. The van der Waals surface area contributed by atoms with Gasteiger partial charge in [-0.15, -0.1) is 6.42 Å². The fourth-order valence-corrected chi connectivity index (χ4v) is 1.66. The highest BCUT2D eigenvalue weighted by Gasteiger charge is 2.17. The summed E-state index contributed by atoms with van der Waals surface area (Å²) in [6.45, 7) is 0. The molecule has 0 aliphatic heterocycles. The molecule has 0 fully saturated rings. The zero-order valence-corrected chi connectivity index (χ0v) is 9.48. The molecule has 1 aromatic rings. The Morgan fingerprint density at radius 1 is 1.20 bits per heavy atom. The van der Waals surface area contributed by atoms with Gasteiger partial charge in [0, 0.05) is 9.13 Å². The van der Waals surface area contributed by atoms with Gasteiger partial charge in [-0.05, 0) is 34.7 Å². The molecular formula is C10H5IO4. The summed E-state index contributed by atoms with van der Waals surface area (Å²) in [4.78, 5) is 21.5. The maximum Gasteiger partial charge on any atom is 0.336 e. The van der Waals surface area contributed by atoms with Gasteiger partial charge in [0.05, 0.1) is 11.1 Å². The summed E-state index contributed by atoms with van der Waals surface area (Å²) in [6.07, 6.45) is 5.15. The minimum atomic E-state index is -1.31. The SMILES string of the molecule is C#Cc1cc(C(=O)O)c(C(=O)O)cc1I. The third kappa shape index (κ3) is 2.27. The zero-order valence-electron chi connectivity index (χ0n) is 7.32. The second kappa shape index (κ2) is 4.31.